The third-order valence-corrected chi connectivity index (χ3v) is 6.07. The van der Waals surface area contributed by atoms with Crippen molar-refractivity contribution in [2.45, 2.75) is 18.9 Å². The van der Waals surface area contributed by atoms with Gasteiger partial charge in [-0.15, -0.1) is 0 Å². The topological polar surface area (TPSA) is 58.6 Å². The van der Waals surface area contributed by atoms with Crippen LogP contribution in [0.15, 0.2) is 35.2 Å². The van der Waals surface area contributed by atoms with Gasteiger partial charge in [0.25, 0.3) is 11.8 Å². The number of carbonyl (C=O) groups is 2. The Balaban J connectivity index is 1.77. The van der Waals surface area contributed by atoms with E-state index in [0.29, 0.717) is 12.1 Å². The lowest BCUT2D eigenvalue weighted by molar-refractivity contribution is -0.143. The molecule has 184 valence electrons. The molecule has 2 aliphatic heterocycles. The summed E-state index contributed by atoms with van der Waals surface area (Å²) in [6.45, 7) is -1.40. The number of rotatable bonds is 3. The molecule has 0 bridgehead atoms. The Morgan fingerprint density at radius 2 is 1.66 bits per heavy atom. The van der Waals surface area contributed by atoms with Gasteiger partial charge in [-0.2, -0.15) is 26.3 Å². The summed E-state index contributed by atoms with van der Waals surface area (Å²) >= 11 is 5.78. The summed E-state index contributed by atoms with van der Waals surface area (Å²) in [7, 11) is 0. The van der Waals surface area contributed by atoms with E-state index in [1.54, 1.807) is 0 Å². The van der Waals surface area contributed by atoms with Crippen LogP contribution in [0.5, 0.6) is 5.75 Å². The van der Waals surface area contributed by atoms with Crippen molar-refractivity contribution in [1.29, 1.82) is 0 Å². The van der Waals surface area contributed by atoms with E-state index in [0.717, 1.165) is 22.7 Å². The minimum Gasteiger partial charge on any atom is -0.478 e. The number of benzene rings is 2. The summed E-state index contributed by atoms with van der Waals surface area (Å²) in [6, 6.07) is 3.18. The number of hydrogen-bond acceptors (Lipinski definition) is 5. The highest BCUT2D eigenvalue weighted by molar-refractivity contribution is 8.26. The maximum absolute atomic E-state index is 14.7. The first kappa shape index (κ1) is 25.0. The van der Waals surface area contributed by atoms with Gasteiger partial charge in [0.15, 0.2) is 18.2 Å². The average Bonchev–Trinajstić information content (AvgIpc) is 3.05. The molecule has 1 N–H and O–H groups in total. The van der Waals surface area contributed by atoms with Crippen molar-refractivity contribution in [3.05, 3.63) is 63.3 Å². The Morgan fingerprint density at radius 3 is 2.20 bits per heavy atom. The van der Waals surface area contributed by atoms with Gasteiger partial charge in [0.2, 0.25) is 0 Å². The molecular weight excluding hydrogens is 525 g/mol. The number of thioether (sulfide) groups is 1. The molecule has 2 aromatic carbocycles. The van der Waals surface area contributed by atoms with Crippen molar-refractivity contribution >= 4 is 51.9 Å². The van der Waals surface area contributed by atoms with E-state index in [-0.39, 0.29) is 26.5 Å². The molecule has 4 rings (SSSR count). The fourth-order valence-electron chi connectivity index (χ4n) is 3.41. The Morgan fingerprint density at radius 1 is 1.03 bits per heavy atom. The lowest BCUT2D eigenvalue weighted by Gasteiger charge is -2.30. The molecule has 0 aliphatic carbocycles. The summed E-state index contributed by atoms with van der Waals surface area (Å²) in [5.74, 6) is -2.71. The molecule has 14 heteroatoms. The van der Waals surface area contributed by atoms with Gasteiger partial charge in [-0.05, 0) is 47.5 Å². The van der Waals surface area contributed by atoms with Gasteiger partial charge in [-0.1, -0.05) is 24.0 Å². The van der Waals surface area contributed by atoms with E-state index in [1.165, 1.54) is 12.1 Å². The fraction of sp³-hybridized carbons (Fsp3) is 0.190. The van der Waals surface area contributed by atoms with Crippen LogP contribution in [-0.2, 0) is 28.5 Å². The number of anilines is 1. The molecule has 35 heavy (non-hydrogen) atoms. The Hall–Kier alpha value is -3.13. The number of carbonyl (C=O) groups excluding carboxylic acids is 2. The maximum Gasteiger partial charge on any atom is 0.416 e. The first-order valence-corrected chi connectivity index (χ1v) is 10.7. The molecule has 0 saturated carbocycles. The van der Waals surface area contributed by atoms with E-state index in [2.05, 4.69) is 5.32 Å². The SMILES string of the molecule is O=C1NC(=S)S/C1=C\c1cc(F)c2c(c1)N(Cc1cc(C(F)(F)F)cc(C(F)(F)F)c1)C(=O)CO2. The minimum atomic E-state index is -5.07. The van der Waals surface area contributed by atoms with E-state index in [4.69, 9.17) is 17.0 Å². The highest BCUT2D eigenvalue weighted by Gasteiger charge is 2.38. The molecule has 2 heterocycles. The van der Waals surface area contributed by atoms with Crippen molar-refractivity contribution in [3.8, 4) is 5.75 Å². The normalized spacial score (nSPS) is 17.5. The van der Waals surface area contributed by atoms with Gasteiger partial charge in [0, 0.05) is 0 Å². The van der Waals surface area contributed by atoms with Crippen LogP contribution in [0.3, 0.4) is 0 Å². The zero-order valence-corrected chi connectivity index (χ0v) is 18.6. The monoisotopic (exact) mass is 536 g/mol. The lowest BCUT2D eigenvalue weighted by atomic mass is 10.0. The van der Waals surface area contributed by atoms with Crippen LogP contribution < -0.4 is 15.0 Å². The third-order valence-electron chi connectivity index (χ3n) is 4.91. The standard InChI is InChI=1S/C21H11F7N2O3S2/c22-13-3-9(5-15-18(32)29-19(34)35-15)4-14-17(13)33-8-16(31)30(14)7-10-1-11(20(23,24)25)6-12(2-10)21(26,27)28/h1-6H,7-8H2,(H,29,32,34)/b15-5-. The van der Waals surface area contributed by atoms with Crippen LogP contribution in [-0.4, -0.2) is 22.7 Å². The number of nitrogens with one attached hydrogen (secondary N) is 1. The largest absolute Gasteiger partial charge is 0.478 e. The molecule has 2 aromatic rings. The Bertz CT molecular complexity index is 1260. The van der Waals surface area contributed by atoms with Crippen LogP contribution >= 0.6 is 24.0 Å². The van der Waals surface area contributed by atoms with Crippen LogP contribution in [0, 0.1) is 5.82 Å². The number of hydrogen-bond donors (Lipinski definition) is 1. The second-order valence-corrected chi connectivity index (χ2v) is 9.10. The van der Waals surface area contributed by atoms with Crippen molar-refractivity contribution in [1.82, 2.24) is 5.32 Å². The van der Waals surface area contributed by atoms with Crippen LogP contribution in [0.4, 0.5) is 36.4 Å². The van der Waals surface area contributed by atoms with Gasteiger partial charge in [-0.25, -0.2) is 4.39 Å². The van der Waals surface area contributed by atoms with Crippen molar-refractivity contribution < 1.29 is 45.1 Å². The van der Waals surface area contributed by atoms with Gasteiger partial charge >= 0.3 is 12.4 Å². The van der Waals surface area contributed by atoms with Crippen molar-refractivity contribution in [2.75, 3.05) is 11.5 Å². The first-order chi connectivity index (χ1) is 16.2. The van der Waals surface area contributed by atoms with Gasteiger partial charge in [-0.3, -0.25) is 9.59 Å². The third kappa shape index (κ3) is 5.27. The highest BCUT2D eigenvalue weighted by atomic mass is 32.2. The number of thiocarbonyl (C=S) groups is 1. The van der Waals surface area contributed by atoms with E-state index in [1.807, 2.05) is 0 Å². The number of halogens is 7. The summed E-state index contributed by atoms with van der Waals surface area (Å²) < 4.78 is 99.3. The number of amides is 2. The van der Waals surface area contributed by atoms with Crippen LogP contribution in [0.2, 0.25) is 0 Å². The van der Waals surface area contributed by atoms with Gasteiger partial charge < -0.3 is 15.0 Å². The molecule has 0 aromatic heterocycles. The molecule has 1 fully saturated rings. The summed E-state index contributed by atoms with van der Waals surface area (Å²) in [4.78, 5) is 25.4. The van der Waals surface area contributed by atoms with Crippen LogP contribution in [0.25, 0.3) is 6.08 Å². The highest BCUT2D eigenvalue weighted by Crippen LogP contribution is 2.40. The molecule has 2 amide bonds. The molecule has 0 radical (unpaired) electrons. The van der Waals surface area contributed by atoms with Gasteiger partial charge in [0.05, 0.1) is 28.3 Å². The average molecular weight is 536 g/mol. The molecule has 1 saturated heterocycles. The van der Waals surface area contributed by atoms with Crippen molar-refractivity contribution in [2.24, 2.45) is 0 Å². The maximum atomic E-state index is 14.7. The molecule has 0 spiro atoms. The summed E-state index contributed by atoms with van der Waals surface area (Å²) in [5, 5.41) is 2.37. The second-order valence-electron chi connectivity index (χ2n) is 7.39. The molecule has 2 aliphatic rings. The van der Waals surface area contributed by atoms with Crippen LogP contribution in [0.1, 0.15) is 22.3 Å². The van der Waals surface area contributed by atoms with Crippen molar-refractivity contribution in [3.63, 3.8) is 0 Å². The molecular formula is C21H11F7N2O3S2. The second kappa shape index (κ2) is 8.82. The van der Waals surface area contributed by atoms with Gasteiger partial charge in [0.1, 0.15) is 4.32 Å². The van der Waals surface area contributed by atoms with E-state index >= 15 is 0 Å². The first-order valence-electron chi connectivity index (χ1n) is 9.52. The number of fused-ring (bicyclic) bond motifs is 1. The fourth-order valence-corrected chi connectivity index (χ4v) is 4.46. The van der Waals surface area contributed by atoms with E-state index < -0.39 is 65.6 Å². The zero-order chi connectivity index (χ0) is 25.7. The number of nitrogens with zero attached hydrogens (tertiary/aromatic N) is 1. The molecule has 0 unspecified atom stereocenters. The lowest BCUT2D eigenvalue weighted by Crippen LogP contribution is -2.38. The Labute approximate surface area is 201 Å². The number of ether oxygens (including phenoxy) is 1. The molecule has 0 atom stereocenters. The molecule has 5 nitrogen and oxygen atoms in total. The predicted molar refractivity (Wildman–Crippen MR) is 116 cm³/mol. The number of alkyl halides is 6. The zero-order valence-electron chi connectivity index (χ0n) is 17.0. The summed E-state index contributed by atoms with van der Waals surface area (Å²) in [6.07, 6.45) is -8.88. The quantitative estimate of drug-likeness (QED) is 0.329. The smallest absolute Gasteiger partial charge is 0.416 e. The minimum absolute atomic E-state index is 0.0305. The summed E-state index contributed by atoms with van der Waals surface area (Å²) in [5.41, 5.74) is -3.70. The van der Waals surface area contributed by atoms with E-state index in [9.17, 15) is 40.3 Å². The Kier molecular flexibility index (Phi) is 6.30. The predicted octanol–water partition coefficient (Wildman–Crippen LogP) is 5.28.